The van der Waals surface area contributed by atoms with Gasteiger partial charge in [-0.3, -0.25) is 14.5 Å². The van der Waals surface area contributed by atoms with Crippen LogP contribution in [0.4, 0.5) is 0 Å². The topological polar surface area (TPSA) is 63.7 Å². The first kappa shape index (κ1) is 13.8. The fourth-order valence-corrected chi connectivity index (χ4v) is 2.94. The standard InChI is InChI=1S/C14H19NO4/c1-10(2)13(18)19-9-12(17)15-11(16)8-14(15)6-4-3-5-7-14/h1,3-9H2,2H3. The SMILES string of the molecule is C=C(C)C(=O)OCC(=O)N1C(=O)CC12CCCCC2. The van der Waals surface area contributed by atoms with Gasteiger partial charge in [0.25, 0.3) is 5.91 Å². The van der Waals surface area contributed by atoms with Crippen LogP contribution >= 0.6 is 0 Å². The van der Waals surface area contributed by atoms with E-state index < -0.39 is 11.9 Å². The third kappa shape index (κ3) is 2.55. The molecule has 2 amide bonds. The lowest BCUT2D eigenvalue weighted by atomic mass is 9.72. The number of carbonyl (C=O) groups is 3. The molecule has 0 N–H and O–H groups in total. The van der Waals surface area contributed by atoms with Crippen LogP contribution in [-0.2, 0) is 19.1 Å². The van der Waals surface area contributed by atoms with Crippen molar-refractivity contribution in [2.45, 2.75) is 51.0 Å². The molecule has 1 saturated heterocycles. The highest BCUT2D eigenvalue weighted by molar-refractivity contribution is 6.03. The van der Waals surface area contributed by atoms with Gasteiger partial charge in [-0.2, -0.15) is 0 Å². The number of rotatable bonds is 3. The second-order valence-electron chi connectivity index (χ2n) is 5.44. The Morgan fingerprint density at radius 1 is 1.32 bits per heavy atom. The third-order valence-corrected chi connectivity index (χ3v) is 3.91. The zero-order valence-electron chi connectivity index (χ0n) is 11.2. The maximum atomic E-state index is 12.0. The average molecular weight is 265 g/mol. The van der Waals surface area contributed by atoms with Crippen molar-refractivity contribution in [3.63, 3.8) is 0 Å². The van der Waals surface area contributed by atoms with Crippen molar-refractivity contribution < 1.29 is 19.1 Å². The Labute approximate surface area is 112 Å². The Kier molecular flexibility index (Phi) is 3.73. The Morgan fingerprint density at radius 3 is 2.47 bits per heavy atom. The second kappa shape index (κ2) is 5.15. The molecule has 104 valence electrons. The van der Waals surface area contributed by atoms with E-state index in [1.165, 1.54) is 11.8 Å². The molecule has 2 fully saturated rings. The summed E-state index contributed by atoms with van der Waals surface area (Å²) in [7, 11) is 0. The molecule has 1 spiro atoms. The minimum absolute atomic E-state index is 0.154. The molecular weight excluding hydrogens is 246 g/mol. The number of amides is 2. The summed E-state index contributed by atoms with van der Waals surface area (Å²) >= 11 is 0. The van der Waals surface area contributed by atoms with E-state index in [4.69, 9.17) is 4.74 Å². The largest absolute Gasteiger partial charge is 0.452 e. The lowest BCUT2D eigenvalue weighted by Crippen LogP contribution is -2.67. The molecule has 1 aliphatic heterocycles. The van der Waals surface area contributed by atoms with E-state index in [1.807, 2.05) is 0 Å². The van der Waals surface area contributed by atoms with Gasteiger partial charge in [-0.05, 0) is 19.8 Å². The molecule has 0 aromatic rings. The number of imide groups is 1. The van der Waals surface area contributed by atoms with Crippen molar-refractivity contribution in [2.75, 3.05) is 6.61 Å². The average Bonchev–Trinajstić information content (AvgIpc) is 2.36. The number of β-lactam (4-membered cyclic amide) rings is 1. The predicted molar refractivity (Wildman–Crippen MR) is 68.1 cm³/mol. The third-order valence-electron chi connectivity index (χ3n) is 3.91. The van der Waals surface area contributed by atoms with Crippen molar-refractivity contribution in [3.05, 3.63) is 12.2 Å². The van der Waals surface area contributed by atoms with Crippen molar-refractivity contribution in [2.24, 2.45) is 0 Å². The lowest BCUT2D eigenvalue weighted by molar-refractivity contribution is -0.175. The highest BCUT2D eigenvalue weighted by atomic mass is 16.5. The molecule has 0 bridgehead atoms. The maximum absolute atomic E-state index is 12.0. The number of carbonyl (C=O) groups excluding carboxylic acids is 3. The fraction of sp³-hybridized carbons (Fsp3) is 0.643. The van der Waals surface area contributed by atoms with Crippen LogP contribution in [0.1, 0.15) is 45.4 Å². The molecule has 5 heteroatoms. The molecule has 5 nitrogen and oxygen atoms in total. The summed E-state index contributed by atoms with van der Waals surface area (Å²) in [5.41, 5.74) is -0.0442. The van der Waals surface area contributed by atoms with E-state index in [0.29, 0.717) is 6.42 Å². The quantitative estimate of drug-likeness (QED) is 0.441. The molecular formula is C14H19NO4. The first-order chi connectivity index (χ1) is 8.96. The first-order valence-corrected chi connectivity index (χ1v) is 6.65. The summed E-state index contributed by atoms with van der Waals surface area (Å²) < 4.78 is 4.82. The molecule has 0 radical (unpaired) electrons. The van der Waals surface area contributed by atoms with Crippen LogP contribution in [0.3, 0.4) is 0 Å². The van der Waals surface area contributed by atoms with Crippen LogP contribution in [0.5, 0.6) is 0 Å². The monoisotopic (exact) mass is 265 g/mol. The fourth-order valence-electron chi connectivity index (χ4n) is 2.94. The van der Waals surface area contributed by atoms with Crippen molar-refractivity contribution >= 4 is 17.8 Å². The Bertz CT molecular complexity index is 435. The van der Waals surface area contributed by atoms with E-state index in [1.54, 1.807) is 0 Å². The van der Waals surface area contributed by atoms with Gasteiger partial charge in [0.05, 0.1) is 12.0 Å². The number of esters is 1. The van der Waals surface area contributed by atoms with E-state index in [2.05, 4.69) is 6.58 Å². The van der Waals surface area contributed by atoms with Gasteiger partial charge >= 0.3 is 5.97 Å². The van der Waals surface area contributed by atoms with Crippen LogP contribution in [0, 0.1) is 0 Å². The van der Waals surface area contributed by atoms with Crippen LogP contribution in [0.2, 0.25) is 0 Å². The van der Waals surface area contributed by atoms with Gasteiger partial charge in [0.15, 0.2) is 6.61 Å². The van der Waals surface area contributed by atoms with Gasteiger partial charge in [0.2, 0.25) is 5.91 Å². The number of nitrogens with zero attached hydrogens (tertiary/aromatic N) is 1. The van der Waals surface area contributed by atoms with Crippen LogP contribution in [0.25, 0.3) is 0 Å². The van der Waals surface area contributed by atoms with Gasteiger partial charge in [0, 0.05) is 5.57 Å². The summed E-state index contributed by atoms with van der Waals surface area (Å²) in [6.45, 7) is 4.59. The van der Waals surface area contributed by atoms with E-state index >= 15 is 0 Å². The zero-order chi connectivity index (χ0) is 14.0. The Hall–Kier alpha value is -1.65. The van der Waals surface area contributed by atoms with Gasteiger partial charge in [-0.15, -0.1) is 0 Å². The minimum atomic E-state index is -0.598. The molecule has 1 saturated carbocycles. The van der Waals surface area contributed by atoms with Crippen molar-refractivity contribution in [3.8, 4) is 0 Å². The molecule has 0 unspecified atom stereocenters. The summed E-state index contributed by atoms with van der Waals surface area (Å²) in [5.74, 6) is -1.16. The number of hydrogen-bond acceptors (Lipinski definition) is 4. The molecule has 19 heavy (non-hydrogen) atoms. The smallest absolute Gasteiger partial charge is 0.333 e. The molecule has 1 aliphatic carbocycles. The van der Waals surface area contributed by atoms with Gasteiger partial charge in [-0.25, -0.2) is 4.79 Å². The molecule has 1 heterocycles. The van der Waals surface area contributed by atoms with E-state index in [0.717, 1.165) is 32.1 Å². The van der Waals surface area contributed by atoms with Crippen LogP contribution in [-0.4, -0.2) is 34.8 Å². The maximum Gasteiger partial charge on any atom is 0.333 e. The van der Waals surface area contributed by atoms with Crippen LogP contribution in [0.15, 0.2) is 12.2 Å². The normalized spacial score (nSPS) is 20.9. The van der Waals surface area contributed by atoms with E-state index in [-0.39, 0.29) is 23.6 Å². The molecule has 0 aromatic carbocycles. The molecule has 0 atom stereocenters. The molecule has 0 aromatic heterocycles. The van der Waals surface area contributed by atoms with Crippen LogP contribution < -0.4 is 0 Å². The van der Waals surface area contributed by atoms with Gasteiger partial charge in [0.1, 0.15) is 0 Å². The lowest BCUT2D eigenvalue weighted by Gasteiger charge is -2.52. The summed E-state index contributed by atoms with van der Waals surface area (Å²) in [6.07, 6.45) is 5.44. The van der Waals surface area contributed by atoms with E-state index in [9.17, 15) is 14.4 Å². The van der Waals surface area contributed by atoms with Gasteiger partial charge in [-0.1, -0.05) is 25.8 Å². The molecule has 2 rings (SSSR count). The Balaban J connectivity index is 1.95. The highest BCUT2D eigenvalue weighted by Gasteiger charge is 2.53. The minimum Gasteiger partial charge on any atom is -0.452 e. The summed E-state index contributed by atoms with van der Waals surface area (Å²) in [4.78, 5) is 36.3. The first-order valence-electron chi connectivity index (χ1n) is 6.65. The molecule has 2 aliphatic rings. The predicted octanol–water partition coefficient (Wildman–Crippen LogP) is 1.57. The van der Waals surface area contributed by atoms with Gasteiger partial charge < -0.3 is 4.74 Å². The summed E-state index contributed by atoms with van der Waals surface area (Å²) in [6, 6.07) is 0. The number of likely N-dealkylation sites (tertiary alicyclic amines) is 1. The number of ether oxygens (including phenoxy) is 1. The highest BCUT2D eigenvalue weighted by Crippen LogP contribution is 2.43. The Morgan fingerprint density at radius 2 is 1.95 bits per heavy atom. The number of hydrogen-bond donors (Lipinski definition) is 0. The summed E-state index contributed by atoms with van der Waals surface area (Å²) in [5, 5.41) is 0. The van der Waals surface area contributed by atoms with Crippen molar-refractivity contribution in [1.82, 2.24) is 4.90 Å². The second-order valence-corrected chi connectivity index (χ2v) is 5.44. The zero-order valence-corrected chi connectivity index (χ0v) is 11.2. The van der Waals surface area contributed by atoms with Crippen molar-refractivity contribution in [1.29, 1.82) is 0 Å².